The second kappa shape index (κ2) is 9.51. The number of fused-ring (bicyclic) bond motifs is 1. The summed E-state index contributed by atoms with van der Waals surface area (Å²) in [5, 5.41) is 1.20. The number of nitrogens with two attached hydrogens (primary N) is 1. The van der Waals surface area contributed by atoms with Gasteiger partial charge in [-0.1, -0.05) is 30.3 Å². The van der Waals surface area contributed by atoms with Gasteiger partial charge >= 0.3 is 0 Å². The first-order valence-electron chi connectivity index (χ1n) is 10.6. The van der Waals surface area contributed by atoms with Gasteiger partial charge in [0.2, 0.25) is 0 Å². The van der Waals surface area contributed by atoms with Crippen LogP contribution in [0, 0.1) is 0 Å². The molecule has 4 aromatic rings. The topological polar surface area (TPSA) is 60.3 Å². The van der Waals surface area contributed by atoms with Crippen LogP contribution < -0.4 is 15.2 Å². The summed E-state index contributed by atoms with van der Waals surface area (Å²) in [6.07, 6.45) is 2.98. The Morgan fingerprint density at radius 1 is 0.867 bits per heavy atom. The lowest BCUT2D eigenvalue weighted by Gasteiger charge is -2.12. The number of rotatable bonds is 9. The van der Waals surface area contributed by atoms with E-state index in [0.29, 0.717) is 13.2 Å². The molecule has 0 amide bonds. The van der Waals surface area contributed by atoms with E-state index in [-0.39, 0.29) is 0 Å². The Balaban J connectivity index is 1.80. The number of H-pyrrole nitrogens is 1. The molecule has 0 spiro atoms. The molecular formula is C26H28N2O2. The Labute approximate surface area is 177 Å². The van der Waals surface area contributed by atoms with E-state index in [1.54, 1.807) is 0 Å². The highest BCUT2D eigenvalue weighted by atomic mass is 16.5. The third kappa shape index (κ3) is 4.34. The van der Waals surface area contributed by atoms with Crippen LogP contribution in [-0.4, -0.2) is 18.1 Å². The molecule has 3 aromatic carbocycles. The quantitative estimate of drug-likeness (QED) is 0.324. The molecule has 0 saturated heterocycles. The third-order valence-electron chi connectivity index (χ3n) is 5.20. The van der Waals surface area contributed by atoms with Crippen molar-refractivity contribution < 1.29 is 9.47 Å². The predicted octanol–water partition coefficient (Wildman–Crippen LogP) is 6.31. The van der Waals surface area contributed by atoms with E-state index in [1.165, 1.54) is 10.9 Å². The number of ether oxygens (including phenoxy) is 2. The van der Waals surface area contributed by atoms with Crippen molar-refractivity contribution >= 4 is 10.9 Å². The molecule has 0 aliphatic rings. The van der Waals surface area contributed by atoms with Crippen LogP contribution in [0.1, 0.15) is 25.3 Å². The number of para-hydroxylation sites is 2. The smallest absolute Gasteiger partial charge is 0.136 e. The number of aromatic amines is 1. The second-order valence-corrected chi connectivity index (χ2v) is 7.28. The lowest BCUT2D eigenvalue weighted by Crippen LogP contribution is -1.99. The summed E-state index contributed by atoms with van der Waals surface area (Å²) in [5.74, 6) is 2.55. The van der Waals surface area contributed by atoms with Gasteiger partial charge in [0, 0.05) is 16.5 Å². The van der Waals surface area contributed by atoms with Crippen LogP contribution in [0.5, 0.6) is 17.2 Å². The van der Waals surface area contributed by atoms with Crippen LogP contribution in [0.25, 0.3) is 22.2 Å². The van der Waals surface area contributed by atoms with Gasteiger partial charge in [0.25, 0.3) is 0 Å². The zero-order valence-electron chi connectivity index (χ0n) is 17.4. The van der Waals surface area contributed by atoms with Gasteiger partial charge in [0.05, 0.1) is 12.3 Å². The number of nitrogens with one attached hydrogen (secondary N) is 1. The highest BCUT2D eigenvalue weighted by Crippen LogP contribution is 2.39. The maximum absolute atomic E-state index is 6.24. The summed E-state index contributed by atoms with van der Waals surface area (Å²) in [7, 11) is 0. The fourth-order valence-corrected chi connectivity index (χ4v) is 3.80. The van der Waals surface area contributed by atoms with E-state index in [4.69, 9.17) is 15.2 Å². The van der Waals surface area contributed by atoms with Crippen molar-refractivity contribution in [3.8, 4) is 28.5 Å². The molecule has 30 heavy (non-hydrogen) atoms. The van der Waals surface area contributed by atoms with Gasteiger partial charge in [-0.2, -0.15) is 0 Å². The van der Waals surface area contributed by atoms with E-state index in [0.717, 1.165) is 53.3 Å². The Morgan fingerprint density at radius 2 is 1.67 bits per heavy atom. The molecular weight excluding hydrogens is 372 g/mol. The molecule has 4 heteroatoms. The minimum absolute atomic E-state index is 0.652. The van der Waals surface area contributed by atoms with Crippen molar-refractivity contribution in [1.29, 1.82) is 0 Å². The monoisotopic (exact) mass is 400 g/mol. The van der Waals surface area contributed by atoms with E-state index in [9.17, 15) is 0 Å². The fraction of sp³-hybridized carbons (Fsp3) is 0.231. The molecule has 154 valence electrons. The van der Waals surface area contributed by atoms with Crippen molar-refractivity contribution in [1.82, 2.24) is 4.98 Å². The number of hydrogen-bond donors (Lipinski definition) is 2. The zero-order valence-corrected chi connectivity index (χ0v) is 17.4. The molecule has 1 aromatic heterocycles. The number of hydrogen-bond acceptors (Lipinski definition) is 3. The molecule has 0 bridgehead atoms. The molecule has 1 heterocycles. The highest BCUT2D eigenvalue weighted by molar-refractivity contribution is 5.92. The van der Waals surface area contributed by atoms with Crippen molar-refractivity contribution in [2.45, 2.75) is 26.2 Å². The first kappa shape index (κ1) is 20.0. The third-order valence-corrected chi connectivity index (χ3v) is 5.20. The Hall–Kier alpha value is -3.24. The molecule has 4 nitrogen and oxygen atoms in total. The normalized spacial score (nSPS) is 11.0. The zero-order chi connectivity index (χ0) is 20.8. The lowest BCUT2D eigenvalue weighted by molar-refractivity contribution is 0.340. The van der Waals surface area contributed by atoms with Crippen LogP contribution in [0.4, 0.5) is 0 Å². The molecule has 0 fully saturated rings. The minimum Gasteiger partial charge on any atom is -0.494 e. The fourth-order valence-electron chi connectivity index (χ4n) is 3.80. The van der Waals surface area contributed by atoms with Crippen LogP contribution >= 0.6 is 0 Å². The molecule has 0 unspecified atom stereocenters. The molecule has 3 N–H and O–H groups in total. The van der Waals surface area contributed by atoms with E-state index in [2.05, 4.69) is 23.2 Å². The number of aromatic nitrogens is 1. The van der Waals surface area contributed by atoms with Gasteiger partial charge in [0.15, 0.2) is 0 Å². The standard InChI is InChI=1S/C26H28N2O2/c1-2-29-20-15-16-24-23(18-20)21(12-8-9-17-27)26(28-24)22-13-6-7-14-25(22)30-19-10-4-3-5-11-19/h3-7,10-11,13-16,18,28H,2,8-9,12,17,27H2,1H3. The highest BCUT2D eigenvalue weighted by Gasteiger charge is 2.17. The van der Waals surface area contributed by atoms with E-state index >= 15 is 0 Å². The Morgan fingerprint density at radius 3 is 2.47 bits per heavy atom. The first-order valence-corrected chi connectivity index (χ1v) is 10.6. The molecule has 0 aliphatic carbocycles. The van der Waals surface area contributed by atoms with Crippen molar-refractivity contribution in [3.63, 3.8) is 0 Å². The maximum Gasteiger partial charge on any atom is 0.136 e. The van der Waals surface area contributed by atoms with Gasteiger partial charge < -0.3 is 20.2 Å². The van der Waals surface area contributed by atoms with Crippen LogP contribution in [0.3, 0.4) is 0 Å². The largest absolute Gasteiger partial charge is 0.494 e. The van der Waals surface area contributed by atoms with Crippen LogP contribution in [-0.2, 0) is 6.42 Å². The molecule has 4 rings (SSSR count). The van der Waals surface area contributed by atoms with Gasteiger partial charge in [-0.05, 0) is 80.8 Å². The van der Waals surface area contributed by atoms with Gasteiger partial charge in [0.1, 0.15) is 17.2 Å². The summed E-state index contributed by atoms with van der Waals surface area (Å²) in [4.78, 5) is 3.64. The van der Waals surface area contributed by atoms with Crippen molar-refractivity contribution in [2.24, 2.45) is 5.73 Å². The molecule has 0 aliphatic heterocycles. The number of unbranched alkanes of at least 4 members (excludes halogenated alkanes) is 1. The first-order chi connectivity index (χ1) is 14.8. The number of aryl methyl sites for hydroxylation is 1. The SMILES string of the molecule is CCOc1ccc2[nH]c(-c3ccccc3Oc3ccccc3)c(CCCCN)c2c1. The summed E-state index contributed by atoms with van der Waals surface area (Å²) < 4.78 is 12.0. The molecule has 0 radical (unpaired) electrons. The Bertz CT molecular complexity index is 1100. The average Bonchev–Trinajstić information content (AvgIpc) is 3.13. The van der Waals surface area contributed by atoms with Gasteiger partial charge in [-0.3, -0.25) is 0 Å². The van der Waals surface area contributed by atoms with Crippen molar-refractivity contribution in [3.05, 3.63) is 78.4 Å². The number of benzene rings is 3. The average molecular weight is 401 g/mol. The van der Waals surface area contributed by atoms with Crippen LogP contribution in [0.15, 0.2) is 72.8 Å². The Kier molecular flexibility index (Phi) is 6.35. The lowest BCUT2D eigenvalue weighted by atomic mass is 9.99. The van der Waals surface area contributed by atoms with E-state index < -0.39 is 0 Å². The summed E-state index contributed by atoms with van der Waals surface area (Å²) >= 11 is 0. The summed E-state index contributed by atoms with van der Waals surface area (Å²) in [6.45, 7) is 3.36. The maximum atomic E-state index is 6.24. The molecule has 0 saturated carbocycles. The minimum atomic E-state index is 0.652. The van der Waals surface area contributed by atoms with E-state index in [1.807, 2.05) is 61.5 Å². The predicted molar refractivity (Wildman–Crippen MR) is 123 cm³/mol. The van der Waals surface area contributed by atoms with Gasteiger partial charge in [-0.25, -0.2) is 0 Å². The summed E-state index contributed by atoms with van der Waals surface area (Å²) in [6, 6.07) is 24.3. The van der Waals surface area contributed by atoms with Crippen molar-refractivity contribution in [2.75, 3.05) is 13.2 Å². The van der Waals surface area contributed by atoms with Gasteiger partial charge in [-0.15, -0.1) is 0 Å². The second-order valence-electron chi connectivity index (χ2n) is 7.28. The molecule has 0 atom stereocenters. The van der Waals surface area contributed by atoms with Crippen LogP contribution in [0.2, 0.25) is 0 Å². The summed E-state index contributed by atoms with van der Waals surface area (Å²) in [5.41, 5.74) is 10.3.